The van der Waals surface area contributed by atoms with E-state index in [2.05, 4.69) is 5.32 Å². The summed E-state index contributed by atoms with van der Waals surface area (Å²) >= 11 is 0. The van der Waals surface area contributed by atoms with Crippen LogP contribution in [0.1, 0.15) is 10.4 Å². The van der Waals surface area contributed by atoms with Crippen molar-refractivity contribution in [2.45, 2.75) is 0 Å². The largest absolute Gasteiger partial charge is 0.478 e. The van der Waals surface area contributed by atoms with Crippen molar-refractivity contribution in [2.24, 2.45) is 0 Å². The molecule has 0 amide bonds. The summed E-state index contributed by atoms with van der Waals surface area (Å²) in [6.07, 6.45) is 0. The number of anilines is 3. The molecule has 0 atom stereocenters. The predicted molar refractivity (Wildman–Crippen MR) is 67.5 cm³/mol. The van der Waals surface area contributed by atoms with E-state index in [1.165, 1.54) is 18.2 Å². The van der Waals surface area contributed by atoms with E-state index in [9.17, 15) is 13.6 Å². The van der Waals surface area contributed by atoms with E-state index in [-0.39, 0.29) is 16.9 Å². The number of carboxylic acid groups (broad SMARTS) is 1. The van der Waals surface area contributed by atoms with Gasteiger partial charge in [-0.1, -0.05) is 0 Å². The minimum Gasteiger partial charge on any atom is -0.478 e. The summed E-state index contributed by atoms with van der Waals surface area (Å²) in [5.74, 6) is -2.44. The summed E-state index contributed by atoms with van der Waals surface area (Å²) in [6, 6.07) is 7.06. The predicted octanol–water partition coefficient (Wildman–Crippen LogP) is 2.99. The van der Waals surface area contributed by atoms with Crippen LogP contribution in [-0.2, 0) is 0 Å². The van der Waals surface area contributed by atoms with Gasteiger partial charge in [-0.2, -0.15) is 0 Å². The van der Waals surface area contributed by atoms with E-state index < -0.39 is 17.6 Å². The number of hydrogen-bond acceptors (Lipinski definition) is 3. The first kappa shape index (κ1) is 12.8. The van der Waals surface area contributed by atoms with Crippen molar-refractivity contribution in [3.05, 3.63) is 53.6 Å². The summed E-state index contributed by atoms with van der Waals surface area (Å²) in [5.41, 5.74) is 5.70. The smallest absolute Gasteiger partial charge is 0.337 e. The van der Waals surface area contributed by atoms with Crippen LogP contribution in [0.2, 0.25) is 0 Å². The average Bonchev–Trinajstić information content (AvgIpc) is 2.36. The zero-order valence-electron chi connectivity index (χ0n) is 9.65. The number of carboxylic acids is 1. The SMILES string of the molecule is Nc1ccc(Nc2cc(F)ccc2F)cc1C(=O)O. The first-order valence-corrected chi connectivity index (χ1v) is 5.32. The lowest BCUT2D eigenvalue weighted by atomic mass is 10.1. The topological polar surface area (TPSA) is 75.3 Å². The van der Waals surface area contributed by atoms with Gasteiger partial charge in [0, 0.05) is 17.4 Å². The fourth-order valence-electron chi connectivity index (χ4n) is 1.57. The average molecular weight is 264 g/mol. The second-order valence-corrected chi connectivity index (χ2v) is 3.86. The lowest BCUT2D eigenvalue weighted by molar-refractivity contribution is 0.0698. The second-order valence-electron chi connectivity index (χ2n) is 3.86. The maximum absolute atomic E-state index is 13.4. The molecule has 0 aliphatic heterocycles. The van der Waals surface area contributed by atoms with Crippen molar-refractivity contribution in [1.82, 2.24) is 0 Å². The van der Waals surface area contributed by atoms with Crippen LogP contribution in [0, 0.1) is 11.6 Å². The Bertz CT molecular complexity index is 645. The maximum Gasteiger partial charge on any atom is 0.337 e. The molecular weight excluding hydrogens is 254 g/mol. The van der Waals surface area contributed by atoms with Crippen LogP contribution in [-0.4, -0.2) is 11.1 Å². The minimum absolute atomic E-state index is 0.0823. The van der Waals surface area contributed by atoms with Gasteiger partial charge in [-0.3, -0.25) is 0 Å². The number of benzene rings is 2. The molecule has 98 valence electrons. The number of rotatable bonds is 3. The molecule has 6 heteroatoms. The Hall–Kier alpha value is -2.63. The van der Waals surface area contributed by atoms with E-state index in [1.54, 1.807) is 0 Å². The number of halogens is 2. The number of carbonyl (C=O) groups is 1. The number of nitrogen functional groups attached to an aromatic ring is 1. The van der Waals surface area contributed by atoms with Crippen LogP contribution in [0.15, 0.2) is 36.4 Å². The molecule has 0 aliphatic carbocycles. The van der Waals surface area contributed by atoms with Gasteiger partial charge in [0.05, 0.1) is 11.3 Å². The Morgan fingerprint density at radius 1 is 1.16 bits per heavy atom. The second kappa shape index (κ2) is 4.93. The highest BCUT2D eigenvalue weighted by molar-refractivity contribution is 5.95. The first-order chi connectivity index (χ1) is 8.97. The van der Waals surface area contributed by atoms with Crippen molar-refractivity contribution < 1.29 is 18.7 Å². The number of nitrogens with one attached hydrogen (secondary N) is 1. The molecule has 0 aromatic heterocycles. The molecule has 0 spiro atoms. The van der Waals surface area contributed by atoms with E-state index >= 15 is 0 Å². The monoisotopic (exact) mass is 264 g/mol. The molecule has 0 unspecified atom stereocenters. The van der Waals surface area contributed by atoms with Gasteiger partial charge < -0.3 is 16.2 Å². The Morgan fingerprint density at radius 2 is 1.89 bits per heavy atom. The van der Waals surface area contributed by atoms with E-state index in [0.29, 0.717) is 5.69 Å². The molecule has 0 saturated heterocycles. The molecule has 0 bridgehead atoms. The Morgan fingerprint density at radius 3 is 2.58 bits per heavy atom. The Balaban J connectivity index is 2.36. The third-order valence-electron chi connectivity index (χ3n) is 2.49. The quantitative estimate of drug-likeness (QED) is 0.745. The van der Waals surface area contributed by atoms with Crippen LogP contribution < -0.4 is 11.1 Å². The van der Waals surface area contributed by atoms with Crippen molar-refractivity contribution >= 4 is 23.0 Å². The van der Waals surface area contributed by atoms with Gasteiger partial charge in [-0.15, -0.1) is 0 Å². The molecule has 2 aromatic rings. The highest BCUT2D eigenvalue weighted by atomic mass is 19.1. The normalized spacial score (nSPS) is 10.2. The summed E-state index contributed by atoms with van der Waals surface area (Å²) in [7, 11) is 0. The third kappa shape index (κ3) is 2.79. The molecule has 0 saturated carbocycles. The fraction of sp³-hybridized carbons (Fsp3) is 0. The lowest BCUT2D eigenvalue weighted by Gasteiger charge is -2.09. The summed E-state index contributed by atoms with van der Waals surface area (Å²) < 4.78 is 26.4. The van der Waals surface area contributed by atoms with Gasteiger partial charge in [0.25, 0.3) is 0 Å². The molecule has 0 fully saturated rings. The third-order valence-corrected chi connectivity index (χ3v) is 2.49. The van der Waals surface area contributed by atoms with Gasteiger partial charge in [0.2, 0.25) is 0 Å². The van der Waals surface area contributed by atoms with Crippen molar-refractivity contribution in [2.75, 3.05) is 11.1 Å². The molecule has 0 aliphatic rings. The number of aromatic carboxylic acids is 1. The molecule has 0 heterocycles. The van der Waals surface area contributed by atoms with Crippen molar-refractivity contribution in [3.63, 3.8) is 0 Å². The van der Waals surface area contributed by atoms with Crippen LogP contribution in [0.25, 0.3) is 0 Å². The van der Waals surface area contributed by atoms with Crippen molar-refractivity contribution in [1.29, 1.82) is 0 Å². The summed E-state index contributed by atoms with van der Waals surface area (Å²) in [4.78, 5) is 10.9. The summed E-state index contributed by atoms with van der Waals surface area (Å²) in [5, 5.41) is 11.5. The van der Waals surface area contributed by atoms with E-state index in [1.807, 2.05) is 0 Å². The van der Waals surface area contributed by atoms with Crippen LogP contribution in [0.4, 0.5) is 25.8 Å². The minimum atomic E-state index is -1.19. The standard InChI is InChI=1S/C13H10F2N2O2/c14-7-1-3-10(15)12(5-7)17-8-2-4-11(16)9(6-8)13(18)19/h1-6,17H,16H2,(H,18,19). The fourth-order valence-corrected chi connectivity index (χ4v) is 1.57. The molecule has 19 heavy (non-hydrogen) atoms. The van der Waals surface area contributed by atoms with Crippen LogP contribution >= 0.6 is 0 Å². The van der Waals surface area contributed by atoms with E-state index in [0.717, 1.165) is 18.2 Å². The molecule has 4 nitrogen and oxygen atoms in total. The first-order valence-electron chi connectivity index (χ1n) is 5.32. The molecule has 2 aromatic carbocycles. The molecule has 0 radical (unpaired) electrons. The molecule has 4 N–H and O–H groups in total. The number of hydrogen-bond donors (Lipinski definition) is 3. The highest BCUT2D eigenvalue weighted by Gasteiger charge is 2.10. The van der Waals surface area contributed by atoms with Crippen LogP contribution in [0.3, 0.4) is 0 Å². The zero-order valence-corrected chi connectivity index (χ0v) is 9.65. The van der Waals surface area contributed by atoms with Gasteiger partial charge in [-0.25, -0.2) is 13.6 Å². The van der Waals surface area contributed by atoms with Gasteiger partial charge >= 0.3 is 5.97 Å². The number of nitrogens with two attached hydrogens (primary N) is 1. The van der Waals surface area contributed by atoms with Crippen molar-refractivity contribution in [3.8, 4) is 0 Å². The zero-order chi connectivity index (χ0) is 14.0. The highest BCUT2D eigenvalue weighted by Crippen LogP contribution is 2.24. The van der Waals surface area contributed by atoms with E-state index in [4.69, 9.17) is 10.8 Å². The van der Waals surface area contributed by atoms with Gasteiger partial charge in [0.15, 0.2) is 0 Å². The summed E-state index contributed by atoms with van der Waals surface area (Å²) in [6.45, 7) is 0. The Kier molecular flexibility index (Phi) is 3.33. The molecular formula is C13H10F2N2O2. The maximum atomic E-state index is 13.4. The Labute approximate surface area is 107 Å². The molecule has 2 rings (SSSR count). The van der Waals surface area contributed by atoms with Gasteiger partial charge in [0.1, 0.15) is 11.6 Å². The lowest BCUT2D eigenvalue weighted by Crippen LogP contribution is -2.03. The van der Waals surface area contributed by atoms with Gasteiger partial charge in [-0.05, 0) is 30.3 Å². The van der Waals surface area contributed by atoms with Crippen LogP contribution in [0.5, 0.6) is 0 Å².